The minimum absolute atomic E-state index is 0.815. The predicted molar refractivity (Wildman–Crippen MR) is 32.3 cm³/mol. The Morgan fingerprint density at radius 2 is 1.69 bits per heavy atom. The Morgan fingerprint density at radius 1 is 1.31 bits per heavy atom. The first-order valence-corrected chi connectivity index (χ1v) is 3.21. The summed E-state index contributed by atoms with van der Waals surface area (Å²) >= 11 is 0. The average molecular weight is 206 g/mol. The summed E-state index contributed by atoms with van der Waals surface area (Å²) in [5.41, 5.74) is 0. The maximum atomic E-state index is 12.2. The van der Waals surface area contributed by atoms with Gasteiger partial charge in [-0.25, -0.2) is 0 Å². The Balaban J connectivity index is 4.54. The molecule has 0 spiro atoms. The van der Waals surface area contributed by atoms with Crippen LogP contribution in [0.25, 0.3) is 0 Å². The third-order valence-electron chi connectivity index (χ3n) is 1.28. The molecule has 1 atom stereocenters. The molecule has 0 fully saturated rings. The third kappa shape index (κ3) is 2.91. The molecule has 0 aliphatic rings. The Hall–Kier alpha value is -0.720. The number of hydrogen-bond donors (Lipinski definition) is 1. The summed E-state index contributed by atoms with van der Waals surface area (Å²) < 4.78 is 58.9. The van der Waals surface area contributed by atoms with Crippen molar-refractivity contribution in [3.8, 4) is 0 Å². The van der Waals surface area contributed by atoms with E-state index in [1.54, 1.807) is 0 Å². The highest BCUT2D eigenvalue weighted by Gasteiger charge is 2.62. The summed E-state index contributed by atoms with van der Waals surface area (Å²) in [7, 11) is 0. The van der Waals surface area contributed by atoms with Gasteiger partial charge in [-0.2, -0.15) is 22.0 Å². The number of halogens is 5. The van der Waals surface area contributed by atoms with Gasteiger partial charge in [0.2, 0.25) is 0 Å². The highest BCUT2D eigenvalue weighted by atomic mass is 19.4. The molecule has 0 aromatic heterocycles. The van der Waals surface area contributed by atoms with Gasteiger partial charge in [-0.15, -0.1) is 0 Å². The molecule has 13 heavy (non-hydrogen) atoms. The van der Waals surface area contributed by atoms with Gasteiger partial charge in [-0.1, -0.05) is 0 Å². The van der Waals surface area contributed by atoms with E-state index in [4.69, 9.17) is 5.11 Å². The summed E-state index contributed by atoms with van der Waals surface area (Å²) in [6.07, 6.45) is -10.1. The van der Waals surface area contributed by atoms with Gasteiger partial charge in [0.25, 0.3) is 0 Å². The standard InChI is InChI=1S/C6H7F5O2/c1-3(12)2-4(13)5(7,8)6(9,10)11/h4,13H,2H2,1H3/t4-/m1/s1. The first kappa shape index (κ1) is 12.3. The second-order valence-corrected chi connectivity index (χ2v) is 2.54. The van der Waals surface area contributed by atoms with Crippen molar-refractivity contribution in [3.63, 3.8) is 0 Å². The number of carbonyl (C=O) groups excluding carboxylic acids is 1. The van der Waals surface area contributed by atoms with E-state index < -0.39 is 30.4 Å². The zero-order chi connectivity index (χ0) is 10.9. The molecule has 7 heteroatoms. The van der Waals surface area contributed by atoms with Crippen molar-refractivity contribution in [1.82, 2.24) is 0 Å². The quantitative estimate of drug-likeness (QED) is 0.711. The molecule has 0 aliphatic carbocycles. The average Bonchev–Trinajstić information content (AvgIpc) is 1.82. The molecule has 0 bridgehead atoms. The largest absolute Gasteiger partial charge is 0.456 e. The highest BCUT2D eigenvalue weighted by molar-refractivity contribution is 5.76. The number of aliphatic hydroxyl groups excluding tert-OH is 1. The summed E-state index contributed by atoms with van der Waals surface area (Å²) in [5, 5.41) is 8.39. The van der Waals surface area contributed by atoms with E-state index in [1.807, 2.05) is 0 Å². The first-order chi connectivity index (χ1) is 5.59. The lowest BCUT2D eigenvalue weighted by molar-refractivity contribution is -0.312. The van der Waals surface area contributed by atoms with Crippen molar-refractivity contribution in [2.75, 3.05) is 0 Å². The molecular formula is C6H7F5O2. The molecule has 0 aromatic carbocycles. The molecule has 0 saturated carbocycles. The maximum Gasteiger partial charge on any atom is 0.456 e. The van der Waals surface area contributed by atoms with Crippen molar-refractivity contribution >= 4 is 5.78 Å². The van der Waals surface area contributed by atoms with E-state index in [0.717, 1.165) is 6.92 Å². The summed E-state index contributed by atoms with van der Waals surface area (Å²) in [6, 6.07) is 0. The van der Waals surface area contributed by atoms with Crippen molar-refractivity contribution < 1.29 is 31.9 Å². The number of aliphatic hydroxyl groups is 1. The van der Waals surface area contributed by atoms with E-state index in [0.29, 0.717) is 0 Å². The number of hydrogen-bond acceptors (Lipinski definition) is 2. The zero-order valence-corrected chi connectivity index (χ0v) is 6.53. The molecule has 0 amide bonds. The van der Waals surface area contributed by atoms with Crippen LogP contribution in [0.3, 0.4) is 0 Å². The van der Waals surface area contributed by atoms with Gasteiger partial charge in [0.1, 0.15) is 11.9 Å². The monoisotopic (exact) mass is 206 g/mol. The van der Waals surface area contributed by atoms with Crippen molar-refractivity contribution in [2.45, 2.75) is 31.5 Å². The Morgan fingerprint density at radius 3 is 1.92 bits per heavy atom. The molecule has 0 aliphatic heterocycles. The second-order valence-electron chi connectivity index (χ2n) is 2.54. The van der Waals surface area contributed by atoms with Crippen molar-refractivity contribution in [2.24, 2.45) is 0 Å². The maximum absolute atomic E-state index is 12.2. The second kappa shape index (κ2) is 3.57. The van der Waals surface area contributed by atoms with Crippen LogP contribution in [0.5, 0.6) is 0 Å². The number of alkyl halides is 5. The smallest absolute Gasteiger partial charge is 0.386 e. The highest BCUT2D eigenvalue weighted by Crippen LogP contribution is 2.38. The molecular weight excluding hydrogens is 199 g/mol. The molecule has 0 unspecified atom stereocenters. The van der Waals surface area contributed by atoms with Gasteiger partial charge in [-0.3, -0.25) is 4.79 Å². The minimum atomic E-state index is -5.83. The van der Waals surface area contributed by atoms with Crippen LogP contribution in [0.1, 0.15) is 13.3 Å². The van der Waals surface area contributed by atoms with E-state index in [2.05, 4.69) is 0 Å². The number of rotatable bonds is 3. The van der Waals surface area contributed by atoms with E-state index in [9.17, 15) is 26.7 Å². The van der Waals surface area contributed by atoms with Crippen LogP contribution in [0, 0.1) is 0 Å². The molecule has 1 N–H and O–H groups in total. The zero-order valence-electron chi connectivity index (χ0n) is 6.53. The first-order valence-electron chi connectivity index (χ1n) is 3.21. The SMILES string of the molecule is CC(=O)C[C@@H](O)C(F)(F)C(F)(F)F. The van der Waals surface area contributed by atoms with Gasteiger partial charge in [0.05, 0.1) is 0 Å². The summed E-state index contributed by atoms with van der Waals surface area (Å²) in [6.45, 7) is 0.815. The van der Waals surface area contributed by atoms with Crippen LogP contribution in [-0.4, -0.2) is 29.1 Å². The Bertz CT molecular complexity index is 198. The fourth-order valence-electron chi connectivity index (χ4n) is 0.589. The van der Waals surface area contributed by atoms with E-state index >= 15 is 0 Å². The molecule has 0 rings (SSSR count). The molecule has 2 nitrogen and oxygen atoms in total. The molecule has 0 heterocycles. The van der Waals surface area contributed by atoms with E-state index in [-0.39, 0.29) is 0 Å². The van der Waals surface area contributed by atoms with Gasteiger partial charge >= 0.3 is 12.1 Å². The molecule has 0 radical (unpaired) electrons. The lowest BCUT2D eigenvalue weighted by atomic mass is 10.1. The molecule has 0 saturated heterocycles. The third-order valence-corrected chi connectivity index (χ3v) is 1.28. The van der Waals surface area contributed by atoms with Crippen molar-refractivity contribution in [1.29, 1.82) is 0 Å². The fraction of sp³-hybridized carbons (Fsp3) is 0.833. The Labute approximate surface area is 70.3 Å². The lowest BCUT2D eigenvalue weighted by Crippen LogP contribution is -2.47. The van der Waals surface area contributed by atoms with Crippen LogP contribution >= 0.6 is 0 Å². The van der Waals surface area contributed by atoms with Crippen LogP contribution in [-0.2, 0) is 4.79 Å². The molecule has 0 aromatic rings. The number of Topliss-reactive ketones (excluding diaryl/α,β-unsaturated/α-hetero) is 1. The predicted octanol–water partition coefficient (Wildman–Crippen LogP) is 1.52. The van der Waals surface area contributed by atoms with Gasteiger partial charge in [-0.05, 0) is 6.92 Å². The van der Waals surface area contributed by atoms with Crippen LogP contribution in [0.15, 0.2) is 0 Å². The van der Waals surface area contributed by atoms with Gasteiger partial charge < -0.3 is 5.11 Å². The van der Waals surface area contributed by atoms with E-state index in [1.165, 1.54) is 0 Å². The van der Waals surface area contributed by atoms with Crippen LogP contribution in [0.4, 0.5) is 22.0 Å². The fourth-order valence-corrected chi connectivity index (χ4v) is 0.589. The Kier molecular flexibility index (Phi) is 3.37. The number of ketones is 1. The van der Waals surface area contributed by atoms with Gasteiger partial charge in [0, 0.05) is 6.42 Å². The van der Waals surface area contributed by atoms with Gasteiger partial charge in [0.15, 0.2) is 0 Å². The summed E-state index contributed by atoms with van der Waals surface area (Å²) in [4.78, 5) is 10.2. The topological polar surface area (TPSA) is 37.3 Å². The van der Waals surface area contributed by atoms with Crippen LogP contribution in [0.2, 0.25) is 0 Å². The van der Waals surface area contributed by atoms with Crippen molar-refractivity contribution in [3.05, 3.63) is 0 Å². The number of carbonyl (C=O) groups is 1. The normalized spacial score (nSPS) is 15.6. The summed E-state index contributed by atoms with van der Waals surface area (Å²) in [5.74, 6) is -6.17. The molecule has 78 valence electrons. The van der Waals surface area contributed by atoms with Crippen LogP contribution < -0.4 is 0 Å². The lowest BCUT2D eigenvalue weighted by Gasteiger charge is -2.23. The minimum Gasteiger partial charge on any atom is -0.386 e.